The number of aromatic nitrogens is 1. The molecule has 3 nitrogen and oxygen atoms in total. The molecule has 2 rings (SSSR count). The zero-order chi connectivity index (χ0) is 9.64. The van der Waals surface area contributed by atoms with Crippen molar-refractivity contribution >= 4 is 21.8 Å². The average Bonchev–Trinajstić information content (AvgIpc) is 2.23. The van der Waals surface area contributed by atoms with Gasteiger partial charge in [-0.25, -0.2) is 4.98 Å². The molecule has 1 N–H and O–H groups in total. The summed E-state index contributed by atoms with van der Waals surface area (Å²) in [5, 5.41) is 2.86. The van der Waals surface area contributed by atoms with E-state index in [1.54, 1.807) is 6.20 Å². The van der Waals surface area contributed by atoms with Crippen LogP contribution in [-0.2, 0) is 5.54 Å². The van der Waals surface area contributed by atoms with Crippen molar-refractivity contribution in [2.75, 3.05) is 0 Å². The van der Waals surface area contributed by atoms with Gasteiger partial charge < -0.3 is 5.32 Å². The molecule has 0 aliphatic carbocycles. The van der Waals surface area contributed by atoms with Crippen molar-refractivity contribution < 1.29 is 4.79 Å². The van der Waals surface area contributed by atoms with Gasteiger partial charge in [0.25, 0.3) is 5.91 Å². The number of rotatable bonds is 0. The van der Waals surface area contributed by atoms with E-state index < -0.39 is 0 Å². The summed E-state index contributed by atoms with van der Waals surface area (Å²) < 4.78 is 0.899. The van der Waals surface area contributed by atoms with Gasteiger partial charge in [-0.2, -0.15) is 0 Å². The lowest BCUT2D eigenvalue weighted by Crippen LogP contribution is -2.32. The second-order valence-electron chi connectivity index (χ2n) is 3.63. The molecule has 1 amide bonds. The zero-order valence-electron chi connectivity index (χ0n) is 7.39. The van der Waals surface area contributed by atoms with Crippen LogP contribution < -0.4 is 5.32 Å². The second kappa shape index (κ2) is 2.54. The van der Waals surface area contributed by atoms with E-state index >= 15 is 0 Å². The van der Waals surface area contributed by atoms with Crippen molar-refractivity contribution in [2.45, 2.75) is 19.4 Å². The molecule has 1 aromatic heterocycles. The Labute approximate surface area is 84.7 Å². The molecule has 2 heterocycles. The van der Waals surface area contributed by atoms with Crippen LogP contribution in [0.5, 0.6) is 0 Å². The number of nitrogens with zero attached hydrogens (tertiary/aromatic N) is 1. The molecule has 1 aliphatic rings. The smallest absolute Gasteiger partial charge is 0.270 e. The van der Waals surface area contributed by atoms with Crippen molar-refractivity contribution in [3.8, 4) is 0 Å². The SMILES string of the molecule is CC1(C)NC(=O)c2ncc(Br)cc21. The van der Waals surface area contributed by atoms with Gasteiger partial charge >= 0.3 is 0 Å². The highest BCUT2D eigenvalue weighted by Gasteiger charge is 2.36. The van der Waals surface area contributed by atoms with Gasteiger partial charge in [-0.05, 0) is 35.8 Å². The van der Waals surface area contributed by atoms with Crippen LogP contribution in [0.3, 0.4) is 0 Å². The number of nitrogens with one attached hydrogen (secondary N) is 1. The molecule has 0 bridgehead atoms. The molecule has 1 aliphatic heterocycles. The normalized spacial score (nSPS) is 18.2. The van der Waals surface area contributed by atoms with Crippen molar-refractivity contribution in [3.63, 3.8) is 0 Å². The Balaban J connectivity index is 2.66. The highest BCUT2D eigenvalue weighted by Crippen LogP contribution is 2.30. The monoisotopic (exact) mass is 240 g/mol. The van der Waals surface area contributed by atoms with Gasteiger partial charge in [0.1, 0.15) is 5.69 Å². The van der Waals surface area contributed by atoms with Crippen LogP contribution >= 0.6 is 15.9 Å². The summed E-state index contributed by atoms with van der Waals surface area (Å²) >= 11 is 3.33. The highest BCUT2D eigenvalue weighted by atomic mass is 79.9. The van der Waals surface area contributed by atoms with Crippen LogP contribution in [-0.4, -0.2) is 10.9 Å². The molecule has 0 spiro atoms. The summed E-state index contributed by atoms with van der Waals surface area (Å²) in [7, 11) is 0. The summed E-state index contributed by atoms with van der Waals surface area (Å²) in [5.41, 5.74) is 1.18. The average molecular weight is 241 g/mol. The largest absolute Gasteiger partial charge is 0.342 e. The lowest BCUT2D eigenvalue weighted by molar-refractivity contribution is 0.0936. The van der Waals surface area contributed by atoms with E-state index in [1.807, 2.05) is 19.9 Å². The van der Waals surface area contributed by atoms with E-state index in [-0.39, 0.29) is 11.4 Å². The minimum absolute atomic E-state index is 0.0903. The van der Waals surface area contributed by atoms with Crippen LogP contribution in [0.25, 0.3) is 0 Å². The molecular weight excluding hydrogens is 232 g/mol. The lowest BCUT2D eigenvalue weighted by atomic mass is 9.97. The molecule has 0 saturated carbocycles. The molecule has 0 saturated heterocycles. The highest BCUT2D eigenvalue weighted by molar-refractivity contribution is 9.10. The minimum Gasteiger partial charge on any atom is -0.342 e. The molecule has 1 aromatic rings. The lowest BCUT2D eigenvalue weighted by Gasteiger charge is -2.18. The number of hydrogen-bond donors (Lipinski definition) is 1. The molecule has 0 radical (unpaired) electrons. The van der Waals surface area contributed by atoms with E-state index in [4.69, 9.17) is 0 Å². The van der Waals surface area contributed by atoms with E-state index in [2.05, 4.69) is 26.2 Å². The maximum absolute atomic E-state index is 11.4. The van der Waals surface area contributed by atoms with Gasteiger partial charge in [0.2, 0.25) is 0 Å². The fourth-order valence-electron chi connectivity index (χ4n) is 1.51. The van der Waals surface area contributed by atoms with E-state index in [0.29, 0.717) is 5.69 Å². The molecule has 4 heteroatoms. The van der Waals surface area contributed by atoms with Gasteiger partial charge in [0.15, 0.2) is 0 Å². The molecule has 13 heavy (non-hydrogen) atoms. The predicted octanol–water partition coefficient (Wildman–Crippen LogP) is 1.82. The Morgan fingerprint density at radius 1 is 1.54 bits per heavy atom. The summed E-state index contributed by atoms with van der Waals surface area (Å²) in [4.78, 5) is 15.5. The van der Waals surface area contributed by atoms with Crippen LogP contribution in [0.15, 0.2) is 16.7 Å². The quantitative estimate of drug-likeness (QED) is 0.752. The van der Waals surface area contributed by atoms with Crippen LogP contribution in [0.2, 0.25) is 0 Å². The fraction of sp³-hybridized carbons (Fsp3) is 0.333. The third-order valence-electron chi connectivity index (χ3n) is 2.17. The Morgan fingerprint density at radius 3 is 2.92 bits per heavy atom. The summed E-state index contributed by atoms with van der Waals surface area (Å²) in [6, 6.07) is 1.93. The van der Waals surface area contributed by atoms with Gasteiger partial charge in [-0.3, -0.25) is 4.79 Å². The molecule has 0 unspecified atom stereocenters. The first-order chi connectivity index (χ1) is 6.00. The molecular formula is C9H9BrN2O. The maximum Gasteiger partial charge on any atom is 0.270 e. The number of halogens is 1. The standard InChI is InChI=1S/C9H9BrN2O/c1-9(2)6-3-5(10)4-11-7(6)8(13)12-9/h3-4H,1-2H3,(H,12,13). The second-order valence-corrected chi connectivity index (χ2v) is 4.54. The first kappa shape index (κ1) is 8.69. The van der Waals surface area contributed by atoms with E-state index in [0.717, 1.165) is 10.0 Å². The van der Waals surface area contributed by atoms with Crippen molar-refractivity contribution in [1.82, 2.24) is 10.3 Å². The third-order valence-corrected chi connectivity index (χ3v) is 2.60. The third kappa shape index (κ3) is 1.25. The number of carbonyl (C=O) groups is 1. The topological polar surface area (TPSA) is 42.0 Å². The van der Waals surface area contributed by atoms with Gasteiger partial charge in [0, 0.05) is 16.2 Å². The zero-order valence-corrected chi connectivity index (χ0v) is 8.97. The molecule has 68 valence electrons. The summed E-state index contributed by atoms with van der Waals surface area (Å²) in [6.07, 6.45) is 1.64. The van der Waals surface area contributed by atoms with E-state index in [1.165, 1.54) is 0 Å². The molecule has 0 fully saturated rings. The van der Waals surface area contributed by atoms with Crippen molar-refractivity contribution in [1.29, 1.82) is 0 Å². The van der Waals surface area contributed by atoms with Crippen molar-refractivity contribution in [2.24, 2.45) is 0 Å². The van der Waals surface area contributed by atoms with Gasteiger partial charge in [-0.15, -0.1) is 0 Å². The number of amides is 1. The van der Waals surface area contributed by atoms with Crippen LogP contribution in [0.1, 0.15) is 29.9 Å². The Morgan fingerprint density at radius 2 is 2.23 bits per heavy atom. The first-order valence-corrected chi connectivity index (χ1v) is 4.78. The van der Waals surface area contributed by atoms with Crippen molar-refractivity contribution in [3.05, 3.63) is 28.0 Å². The predicted molar refractivity (Wildman–Crippen MR) is 52.4 cm³/mol. The summed E-state index contributed by atoms with van der Waals surface area (Å²) in [6.45, 7) is 3.93. The summed E-state index contributed by atoms with van der Waals surface area (Å²) in [5.74, 6) is -0.0903. The molecule has 0 atom stereocenters. The number of pyridine rings is 1. The first-order valence-electron chi connectivity index (χ1n) is 3.99. The number of fused-ring (bicyclic) bond motifs is 1. The van der Waals surface area contributed by atoms with Gasteiger partial charge in [-0.1, -0.05) is 0 Å². The minimum atomic E-state index is -0.302. The Kier molecular flexibility index (Phi) is 1.70. The Hall–Kier alpha value is -0.900. The van der Waals surface area contributed by atoms with Crippen LogP contribution in [0.4, 0.5) is 0 Å². The van der Waals surface area contributed by atoms with Crippen LogP contribution in [0, 0.1) is 0 Å². The molecule has 0 aromatic carbocycles. The number of carbonyl (C=O) groups excluding carboxylic acids is 1. The maximum atomic E-state index is 11.4. The Bertz CT molecular complexity index is 387. The van der Waals surface area contributed by atoms with E-state index in [9.17, 15) is 4.79 Å². The fourth-order valence-corrected chi connectivity index (χ4v) is 1.84. The van der Waals surface area contributed by atoms with Gasteiger partial charge in [0.05, 0.1) is 5.54 Å². The number of hydrogen-bond acceptors (Lipinski definition) is 2.